The summed E-state index contributed by atoms with van der Waals surface area (Å²) < 4.78 is 0. The van der Waals surface area contributed by atoms with Gasteiger partial charge in [0, 0.05) is 23.8 Å². The van der Waals surface area contributed by atoms with E-state index in [1.807, 2.05) is 0 Å². The Morgan fingerprint density at radius 2 is 2.18 bits per heavy atom. The van der Waals surface area contributed by atoms with E-state index in [1.54, 1.807) is 17.7 Å². The van der Waals surface area contributed by atoms with Gasteiger partial charge in [0.2, 0.25) is 0 Å². The topological polar surface area (TPSA) is 29.0 Å². The third-order valence-corrected chi connectivity index (χ3v) is 3.71. The van der Waals surface area contributed by atoms with E-state index < -0.39 is 0 Å². The van der Waals surface area contributed by atoms with E-state index in [2.05, 4.69) is 34.8 Å². The molecule has 2 rings (SSSR count). The van der Waals surface area contributed by atoms with Crippen molar-refractivity contribution in [3.05, 3.63) is 17.3 Å². The number of rotatable bonds is 5. The largest absolute Gasteiger partial charge is 0.355 e. The highest BCUT2D eigenvalue weighted by molar-refractivity contribution is 7.18. The Balaban J connectivity index is 2.44. The van der Waals surface area contributed by atoms with Crippen molar-refractivity contribution in [2.75, 3.05) is 23.9 Å². The van der Waals surface area contributed by atoms with Gasteiger partial charge in [-0.3, -0.25) is 0 Å². The minimum atomic E-state index is 0.620. The molecule has 0 aromatic carbocycles. The minimum Gasteiger partial charge on any atom is -0.355 e. The summed E-state index contributed by atoms with van der Waals surface area (Å²) in [6, 6.07) is 2.16. The van der Waals surface area contributed by atoms with E-state index in [4.69, 9.17) is 11.6 Å². The first-order valence-electron chi connectivity index (χ1n) is 5.78. The first-order chi connectivity index (χ1) is 8.26. The molecule has 3 nitrogen and oxygen atoms in total. The highest BCUT2D eigenvalue weighted by Crippen LogP contribution is 2.29. The standard InChI is InChI=1S/C12H16ClN3S/c1-3-5-16(6-4-13)11-10-7-9(2)17-12(10)15-8-14-11/h7-8H,3-6H2,1-2H3. The van der Waals surface area contributed by atoms with Crippen LogP contribution in [0.1, 0.15) is 18.2 Å². The molecule has 2 aromatic heterocycles. The zero-order valence-electron chi connectivity index (χ0n) is 10.1. The number of aromatic nitrogens is 2. The van der Waals surface area contributed by atoms with Crippen molar-refractivity contribution in [3.8, 4) is 0 Å². The van der Waals surface area contributed by atoms with Crippen LogP contribution in [0.4, 0.5) is 5.82 Å². The van der Waals surface area contributed by atoms with E-state index in [0.29, 0.717) is 5.88 Å². The maximum atomic E-state index is 5.86. The molecule has 0 atom stereocenters. The van der Waals surface area contributed by atoms with E-state index in [0.717, 1.165) is 35.5 Å². The smallest absolute Gasteiger partial charge is 0.140 e. The van der Waals surface area contributed by atoms with E-state index >= 15 is 0 Å². The third kappa shape index (κ3) is 2.69. The van der Waals surface area contributed by atoms with E-state index in [9.17, 15) is 0 Å². The molecule has 92 valence electrons. The highest BCUT2D eigenvalue weighted by Gasteiger charge is 2.12. The van der Waals surface area contributed by atoms with Crippen LogP contribution in [0.25, 0.3) is 10.2 Å². The predicted molar refractivity (Wildman–Crippen MR) is 75.4 cm³/mol. The van der Waals surface area contributed by atoms with Crippen LogP contribution in [0, 0.1) is 6.92 Å². The minimum absolute atomic E-state index is 0.620. The highest BCUT2D eigenvalue weighted by atomic mass is 35.5. The lowest BCUT2D eigenvalue weighted by atomic mass is 10.3. The van der Waals surface area contributed by atoms with Crippen molar-refractivity contribution in [1.82, 2.24) is 9.97 Å². The number of halogens is 1. The Hall–Kier alpha value is -0.870. The van der Waals surface area contributed by atoms with Gasteiger partial charge >= 0.3 is 0 Å². The number of aryl methyl sites for hydroxylation is 1. The molecule has 2 aromatic rings. The molecular weight excluding hydrogens is 254 g/mol. The summed E-state index contributed by atoms with van der Waals surface area (Å²) >= 11 is 7.56. The first-order valence-corrected chi connectivity index (χ1v) is 7.13. The molecule has 0 saturated carbocycles. The van der Waals surface area contributed by atoms with Crippen LogP contribution in [0.2, 0.25) is 0 Å². The summed E-state index contributed by atoms with van der Waals surface area (Å²) in [5.41, 5.74) is 0. The van der Waals surface area contributed by atoms with Gasteiger partial charge in [0.05, 0.1) is 5.39 Å². The Morgan fingerprint density at radius 3 is 2.88 bits per heavy atom. The molecule has 0 aliphatic carbocycles. The summed E-state index contributed by atoms with van der Waals surface area (Å²) in [5.74, 6) is 1.64. The quantitative estimate of drug-likeness (QED) is 0.779. The molecule has 0 saturated heterocycles. The van der Waals surface area contributed by atoms with Gasteiger partial charge < -0.3 is 4.90 Å². The predicted octanol–water partition coefficient (Wildman–Crippen LogP) is 3.45. The van der Waals surface area contributed by atoms with Crippen LogP contribution in [0.5, 0.6) is 0 Å². The normalized spacial score (nSPS) is 11.0. The van der Waals surface area contributed by atoms with Crippen LogP contribution in [-0.4, -0.2) is 28.9 Å². The molecule has 0 spiro atoms. The van der Waals surface area contributed by atoms with Crippen LogP contribution in [-0.2, 0) is 0 Å². The number of anilines is 1. The lowest BCUT2D eigenvalue weighted by Gasteiger charge is -2.22. The van der Waals surface area contributed by atoms with Crippen molar-refractivity contribution in [1.29, 1.82) is 0 Å². The number of hydrogen-bond acceptors (Lipinski definition) is 4. The molecule has 0 aliphatic heterocycles. The molecule has 0 aliphatic rings. The van der Waals surface area contributed by atoms with Crippen LogP contribution in [0.3, 0.4) is 0 Å². The van der Waals surface area contributed by atoms with Crippen LogP contribution in [0.15, 0.2) is 12.4 Å². The zero-order valence-corrected chi connectivity index (χ0v) is 11.7. The Morgan fingerprint density at radius 1 is 1.35 bits per heavy atom. The fourth-order valence-corrected chi connectivity index (χ4v) is 2.96. The molecule has 0 unspecified atom stereocenters. The van der Waals surface area contributed by atoms with Crippen molar-refractivity contribution in [2.24, 2.45) is 0 Å². The fourth-order valence-electron chi connectivity index (χ4n) is 1.91. The van der Waals surface area contributed by atoms with Crippen molar-refractivity contribution < 1.29 is 0 Å². The second kappa shape index (κ2) is 5.65. The molecule has 0 amide bonds. The molecule has 0 bridgehead atoms. The summed E-state index contributed by atoms with van der Waals surface area (Å²) in [6.45, 7) is 6.07. The molecule has 0 fully saturated rings. The molecule has 17 heavy (non-hydrogen) atoms. The van der Waals surface area contributed by atoms with Gasteiger partial charge in [-0.25, -0.2) is 9.97 Å². The first kappa shape index (κ1) is 12.6. The number of thiophene rings is 1. The van der Waals surface area contributed by atoms with Crippen LogP contribution < -0.4 is 4.90 Å². The third-order valence-electron chi connectivity index (χ3n) is 2.58. The van der Waals surface area contributed by atoms with Crippen LogP contribution >= 0.6 is 22.9 Å². The average Bonchev–Trinajstić information content (AvgIpc) is 2.68. The molecule has 5 heteroatoms. The summed E-state index contributed by atoms with van der Waals surface area (Å²) in [7, 11) is 0. The van der Waals surface area contributed by atoms with Gasteiger partial charge in [-0.15, -0.1) is 22.9 Å². The van der Waals surface area contributed by atoms with Crippen molar-refractivity contribution in [3.63, 3.8) is 0 Å². The van der Waals surface area contributed by atoms with Crippen molar-refractivity contribution in [2.45, 2.75) is 20.3 Å². The summed E-state index contributed by atoms with van der Waals surface area (Å²) in [5, 5.41) is 1.15. The van der Waals surface area contributed by atoms with Gasteiger partial charge in [0.25, 0.3) is 0 Å². The molecule has 0 N–H and O–H groups in total. The van der Waals surface area contributed by atoms with Gasteiger partial charge in [-0.2, -0.15) is 0 Å². The van der Waals surface area contributed by atoms with Gasteiger partial charge in [-0.1, -0.05) is 6.92 Å². The maximum absolute atomic E-state index is 5.86. The van der Waals surface area contributed by atoms with Crippen molar-refractivity contribution >= 4 is 39.0 Å². The second-order valence-electron chi connectivity index (χ2n) is 3.95. The Bertz CT molecular complexity index is 491. The summed E-state index contributed by atoms with van der Waals surface area (Å²) in [6.07, 6.45) is 2.73. The monoisotopic (exact) mass is 269 g/mol. The zero-order chi connectivity index (χ0) is 12.3. The fraction of sp³-hybridized carbons (Fsp3) is 0.500. The molecule has 2 heterocycles. The summed E-state index contributed by atoms with van der Waals surface area (Å²) in [4.78, 5) is 13.3. The lowest BCUT2D eigenvalue weighted by molar-refractivity contribution is 0.783. The number of nitrogens with zero attached hydrogens (tertiary/aromatic N) is 3. The maximum Gasteiger partial charge on any atom is 0.140 e. The molecular formula is C12H16ClN3S. The Kier molecular flexibility index (Phi) is 4.18. The number of hydrogen-bond donors (Lipinski definition) is 0. The molecule has 0 radical (unpaired) electrons. The van der Waals surface area contributed by atoms with Gasteiger partial charge in [0.15, 0.2) is 0 Å². The average molecular weight is 270 g/mol. The van der Waals surface area contributed by atoms with E-state index in [1.165, 1.54) is 4.88 Å². The number of fused-ring (bicyclic) bond motifs is 1. The van der Waals surface area contributed by atoms with Gasteiger partial charge in [-0.05, 0) is 19.4 Å². The second-order valence-corrected chi connectivity index (χ2v) is 5.56. The van der Waals surface area contributed by atoms with E-state index in [-0.39, 0.29) is 0 Å². The Labute approximate surface area is 110 Å². The lowest BCUT2D eigenvalue weighted by Crippen LogP contribution is -2.27. The SMILES string of the molecule is CCCN(CCCl)c1ncnc2sc(C)cc12. The van der Waals surface area contributed by atoms with Gasteiger partial charge in [0.1, 0.15) is 17.0 Å². The number of alkyl halides is 1.